The number of piperidine rings is 1. The minimum absolute atomic E-state index is 0.255. The maximum Gasteiger partial charge on any atom is 0.303 e. The van der Waals surface area contributed by atoms with Gasteiger partial charge in [-0.3, -0.25) is 9.59 Å². The van der Waals surface area contributed by atoms with Gasteiger partial charge in [0.25, 0.3) is 0 Å². The molecular weight excluding hydrogens is 218 g/mol. The van der Waals surface area contributed by atoms with Crippen LogP contribution in [0.3, 0.4) is 0 Å². The van der Waals surface area contributed by atoms with Crippen LogP contribution in [0.2, 0.25) is 0 Å². The molecule has 1 aliphatic carbocycles. The molecule has 96 valence electrons. The summed E-state index contributed by atoms with van der Waals surface area (Å²) < 4.78 is 0. The van der Waals surface area contributed by atoms with Crippen molar-refractivity contribution >= 4 is 11.9 Å². The van der Waals surface area contributed by atoms with Crippen LogP contribution in [-0.2, 0) is 9.59 Å². The first-order valence-electron chi connectivity index (χ1n) is 6.64. The molecular formula is C13H21NO3. The second-order valence-electron chi connectivity index (χ2n) is 5.42. The number of nitrogens with zero attached hydrogens (tertiary/aromatic N) is 1. The molecule has 0 bridgehead atoms. The van der Waals surface area contributed by atoms with Gasteiger partial charge < -0.3 is 10.0 Å². The van der Waals surface area contributed by atoms with Crippen molar-refractivity contribution in [2.75, 3.05) is 13.1 Å². The van der Waals surface area contributed by atoms with Gasteiger partial charge in [-0.15, -0.1) is 0 Å². The summed E-state index contributed by atoms with van der Waals surface area (Å²) >= 11 is 0. The standard InChI is InChI=1S/C13H21NO3/c15-12(8-10-2-1-3-10)14-6-4-11(5-7-14)9-13(16)17/h10-11H,1-9H2,(H,16,17). The van der Waals surface area contributed by atoms with E-state index in [1.54, 1.807) is 0 Å². The van der Waals surface area contributed by atoms with E-state index in [1.165, 1.54) is 19.3 Å². The Balaban J connectivity index is 1.70. The lowest BCUT2D eigenvalue weighted by atomic mass is 9.82. The van der Waals surface area contributed by atoms with E-state index in [2.05, 4.69) is 0 Å². The van der Waals surface area contributed by atoms with E-state index in [1.807, 2.05) is 4.90 Å². The Morgan fingerprint density at radius 1 is 1.00 bits per heavy atom. The van der Waals surface area contributed by atoms with Crippen LogP contribution in [0.1, 0.15) is 44.9 Å². The number of amides is 1. The second-order valence-corrected chi connectivity index (χ2v) is 5.42. The molecule has 0 spiro atoms. The summed E-state index contributed by atoms with van der Waals surface area (Å²) in [7, 11) is 0. The monoisotopic (exact) mass is 239 g/mol. The highest BCUT2D eigenvalue weighted by Crippen LogP contribution is 2.30. The Morgan fingerprint density at radius 2 is 1.59 bits per heavy atom. The van der Waals surface area contributed by atoms with Gasteiger partial charge in [0.15, 0.2) is 0 Å². The highest BCUT2D eigenvalue weighted by Gasteiger charge is 2.27. The third kappa shape index (κ3) is 3.45. The van der Waals surface area contributed by atoms with Crippen LogP contribution in [0.5, 0.6) is 0 Å². The van der Waals surface area contributed by atoms with Crippen molar-refractivity contribution < 1.29 is 14.7 Å². The van der Waals surface area contributed by atoms with Crippen LogP contribution < -0.4 is 0 Å². The number of carboxylic acid groups (broad SMARTS) is 1. The molecule has 1 aliphatic heterocycles. The molecule has 2 fully saturated rings. The number of carboxylic acids is 1. The van der Waals surface area contributed by atoms with Crippen LogP contribution in [-0.4, -0.2) is 35.0 Å². The average Bonchev–Trinajstić information content (AvgIpc) is 2.23. The third-order valence-corrected chi connectivity index (χ3v) is 4.12. The van der Waals surface area contributed by atoms with Crippen molar-refractivity contribution in [1.29, 1.82) is 0 Å². The van der Waals surface area contributed by atoms with Gasteiger partial charge in [-0.05, 0) is 37.5 Å². The fourth-order valence-electron chi connectivity index (χ4n) is 2.71. The van der Waals surface area contributed by atoms with Crippen molar-refractivity contribution in [2.24, 2.45) is 11.8 Å². The third-order valence-electron chi connectivity index (χ3n) is 4.12. The first kappa shape index (κ1) is 12.4. The topological polar surface area (TPSA) is 57.6 Å². The van der Waals surface area contributed by atoms with Crippen molar-refractivity contribution in [3.8, 4) is 0 Å². The van der Waals surface area contributed by atoms with E-state index in [0.29, 0.717) is 12.3 Å². The number of hydrogen-bond donors (Lipinski definition) is 1. The van der Waals surface area contributed by atoms with E-state index in [9.17, 15) is 9.59 Å². The number of carbonyl (C=O) groups excluding carboxylic acids is 1. The van der Waals surface area contributed by atoms with Crippen LogP contribution in [0, 0.1) is 11.8 Å². The molecule has 0 aromatic rings. The number of rotatable bonds is 4. The van der Waals surface area contributed by atoms with Gasteiger partial charge in [0, 0.05) is 25.9 Å². The molecule has 0 atom stereocenters. The van der Waals surface area contributed by atoms with Crippen LogP contribution in [0.4, 0.5) is 0 Å². The number of carbonyl (C=O) groups is 2. The molecule has 0 aromatic heterocycles. The van der Waals surface area contributed by atoms with Crippen molar-refractivity contribution in [2.45, 2.75) is 44.9 Å². The fourth-order valence-corrected chi connectivity index (χ4v) is 2.71. The Hall–Kier alpha value is -1.06. The van der Waals surface area contributed by atoms with E-state index in [-0.39, 0.29) is 18.2 Å². The van der Waals surface area contributed by atoms with Gasteiger partial charge in [0.1, 0.15) is 0 Å². The van der Waals surface area contributed by atoms with Crippen molar-refractivity contribution in [1.82, 2.24) is 4.90 Å². The molecule has 2 aliphatic rings. The SMILES string of the molecule is O=C(O)CC1CCN(C(=O)CC2CCC2)CC1. The van der Waals surface area contributed by atoms with Gasteiger partial charge >= 0.3 is 5.97 Å². The maximum absolute atomic E-state index is 11.9. The highest BCUT2D eigenvalue weighted by atomic mass is 16.4. The molecule has 1 saturated heterocycles. The van der Waals surface area contributed by atoms with Gasteiger partial charge in [0.05, 0.1) is 0 Å². The van der Waals surface area contributed by atoms with Crippen LogP contribution >= 0.6 is 0 Å². The Morgan fingerprint density at radius 3 is 2.06 bits per heavy atom. The largest absolute Gasteiger partial charge is 0.481 e. The number of hydrogen-bond acceptors (Lipinski definition) is 2. The van der Waals surface area contributed by atoms with Crippen molar-refractivity contribution in [3.63, 3.8) is 0 Å². The Labute approximate surface area is 102 Å². The zero-order chi connectivity index (χ0) is 12.3. The lowest BCUT2D eigenvalue weighted by molar-refractivity contribution is -0.138. The average molecular weight is 239 g/mol. The van der Waals surface area contributed by atoms with E-state index < -0.39 is 5.97 Å². The highest BCUT2D eigenvalue weighted by molar-refractivity contribution is 5.76. The Bertz CT molecular complexity index is 291. The first-order valence-corrected chi connectivity index (χ1v) is 6.64. The second kappa shape index (κ2) is 5.52. The summed E-state index contributed by atoms with van der Waals surface area (Å²) in [4.78, 5) is 24.5. The smallest absolute Gasteiger partial charge is 0.303 e. The summed E-state index contributed by atoms with van der Waals surface area (Å²) in [5.74, 6) is 0.451. The van der Waals surface area contributed by atoms with Crippen LogP contribution in [0.15, 0.2) is 0 Å². The molecule has 1 N–H and O–H groups in total. The van der Waals surface area contributed by atoms with Gasteiger partial charge in [-0.1, -0.05) is 6.42 Å². The van der Waals surface area contributed by atoms with E-state index in [4.69, 9.17) is 5.11 Å². The normalized spacial score (nSPS) is 22.2. The van der Waals surface area contributed by atoms with E-state index in [0.717, 1.165) is 25.9 Å². The lowest BCUT2D eigenvalue weighted by Crippen LogP contribution is -2.40. The zero-order valence-corrected chi connectivity index (χ0v) is 10.2. The maximum atomic E-state index is 11.9. The molecule has 0 radical (unpaired) electrons. The lowest BCUT2D eigenvalue weighted by Gasteiger charge is -2.33. The summed E-state index contributed by atoms with van der Waals surface area (Å²) in [6, 6.07) is 0. The Kier molecular flexibility index (Phi) is 4.02. The molecule has 0 unspecified atom stereocenters. The predicted molar refractivity (Wildman–Crippen MR) is 63.5 cm³/mol. The number of aliphatic carboxylic acids is 1. The first-order chi connectivity index (χ1) is 8.15. The summed E-state index contributed by atoms with van der Waals surface area (Å²) in [6.07, 6.45) is 6.36. The van der Waals surface area contributed by atoms with E-state index >= 15 is 0 Å². The molecule has 1 amide bonds. The summed E-state index contributed by atoms with van der Waals surface area (Å²) in [5, 5.41) is 8.72. The summed E-state index contributed by atoms with van der Waals surface area (Å²) in [6.45, 7) is 1.51. The van der Waals surface area contributed by atoms with Gasteiger partial charge in [0.2, 0.25) is 5.91 Å². The molecule has 1 saturated carbocycles. The minimum atomic E-state index is -0.718. The van der Waals surface area contributed by atoms with Gasteiger partial charge in [-0.25, -0.2) is 0 Å². The molecule has 4 heteroatoms. The zero-order valence-electron chi connectivity index (χ0n) is 10.2. The molecule has 1 heterocycles. The predicted octanol–water partition coefficient (Wildman–Crippen LogP) is 1.89. The van der Waals surface area contributed by atoms with Gasteiger partial charge in [-0.2, -0.15) is 0 Å². The van der Waals surface area contributed by atoms with Crippen LogP contribution in [0.25, 0.3) is 0 Å². The fraction of sp³-hybridized carbons (Fsp3) is 0.846. The van der Waals surface area contributed by atoms with Crippen molar-refractivity contribution in [3.05, 3.63) is 0 Å². The molecule has 0 aromatic carbocycles. The molecule has 4 nitrogen and oxygen atoms in total. The quantitative estimate of drug-likeness (QED) is 0.815. The number of likely N-dealkylation sites (tertiary alicyclic amines) is 1. The summed E-state index contributed by atoms with van der Waals surface area (Å²) in [5.41, 5.74) is 0. The molecule has 2 rings (SSSR count). The minimum Gasteiger partial charge on any atom is -0.481 e. The molecule has 17 heavy (non-hydrogen) atoms.